The number of hydrogen-bond donors (Lipinski definition) is 1. The van der Waals surface area contributed by atoms with Gasteiger partial charge in [0.15, 0.2) is 17.3 Å². The molecule has 86 valence electrons. The van der Waals surface area contributed by atoms with Crippen molar-refractivity contribution in [3.8, 4) is 0 Å². The Hall–Kier alpha value is -2.04. The summed E-state index contributed by atoms with van der Waals surface area (Å²) in [6.45, 7) is 2.91. The molecule has 0 aliphatic heterocycles. The minimum absolute atomic E-state index is 0.0539. The molecule has 0 aliphatic rings. The molecule has 16 heavy (non-hydrogen) atoms. The van der Waals surface area contributed by atoms with E-state index in [1.807, 2.05) is 0 Å². The zero-order valence-electron chi connectivity index (χ0n) is 9.02. The van der Waals surface area contributed by atoms with Crippen LogP contribution in [0, 0.1) is 0 Å². The van der Waals surface area contributed by atoms with Gasteiger partial charge in [-0.05, 0) is 26.0 Å². The molecular weight excluding hydrogens is 212 g/mol. The van der Waals surface area contributed by atoms with E-state index in [1.165, 1.54) is 25.3 Å². The summed E-state index contributed by atoms with van der Waals surface area (Å²) < 4.78 is 9.55. The quantitative estimate of drug-likeness (QED) is 0.277. The smallest absolute Gasteiger partial charge is 0.345 e. The Morgan fingerprint density at radius 1 is 1.50 bits per heavy atom. The zero-order valence-corrected chi connectivity index (χ0v) is 9.02. The number of hydrogen-bond acceptors (Lipinski definition) is 5. The Bertz CT molecular complexity index is 414. The number of Topliss-reactive ketones (excluding diaryl/α,β-unsaturated/α-hetero) is 1. The maximum atomic E-state index is 11.4. The normalized spacial score (nSPS) is 11.9. The van der Waals surface area contributed by atoms with E-state index in [-0.39, 0.29) is 12.4 Å². The first kappa shape index (κ1) is 12.0. The molecule has 5 nitrogen and oxygen atoms in total. The highest BCUT2D eigenvalue weighted by molar-refractivity contribution is 6.20. The van der Waals surface area contributed by atoms with E-state index in [2.05, 4.69) is 4.74 Å². The van der Waals surface area contributed by atoms with Crippen LogP contribution in [0.25, 0.3) is 5.76 Å². The highest BCUT2D eigenvalue weighted by Gasteiger charge is 2.23. The third kappa shape index (κ3) is 2.50. The zero-order chi connectivity index (χ0) is 12.1. The monoisotopic (exact) mass is 224 g/mol. The highest BCUT2D eigenvalue weighted by Crippen LogP contribution is 2.18. The number of carbonyl (C=O) groups excluding carboxylic acids is 2. The second kappa shape index (κ2) is 5.16. The summed E-state index contributed by atoms with van der Waals surface area (Å²) in [6.07, 6.45) is 1.33. The number of ether oxygens (including phenoxy) is 1. The van der Waals surface area contributed by atoms with Crippen molar-refractivity contribution in [3.63, 3.8) is 0 Å². The van der Waals surface area contributed by atoms with Crippen LogP contribution in [0.4, 0.5) is 0 Å². The van der Waals surface area contributed by atoms with E-state index < -0.39 is 23.1 Å². The van der Waals surface area contributed by atoms with Gasteiger partial charge in [0, 0.05) is 0 Å². The Kier molecular flexibility index (Phi) is 3.88. The Balaban J connectivity index is 3.15. The molecule has 0 amide bonds. The third-order valence-corrected chi connectivity index (χ3v) is 1.82. The SMILES string of the molecule is CCOC(=O)/C(C(C)=O)=C(/O)c1ccco1. The van der Waals surface area contributed by atoms with Crippen LogP contribution in [0.5, 0.6) is 0 Å². The summed E-state index contributed by atoms with van der Waals surface area (Å²) in [6, 6.07) is 2.98. The van der Waals surface area contributed by atoms with Crippen LogP contribution in [-0.2, 0) is 14.3 Å². The lowest BCUT2D eigenvalue weighted by molar-refractivity contribution is -0.139. The topological polar surface area (TPSA) is 76.7 Å². The van der Waals surface area contributed by atoms with E-state index >= 15 is 0 Å². The van der Waals surface area contributed by atoms with Gasteiger partial charge in [-0.25, -0.2) is 4.79 Å². The molecule has 0 saturated heterocycles. The predicted octanol–water partition coefficient (Wildman–Crippen LogP) is 1.70. The van der Waals surface area contributed by atoms with Crippen LogP contribution < -0.4 is 0 Å². The number of carbonyl (C=O) groups is 2. The van der Waals surface area contributed by atoms with Crippen molar-refractivity contribution in [1.29, 1.82) is 0 Å². The van der Waals surface area contributed by atoms with Gasteiger partial charge < -0.3 is 14.3 Å². The van der Waals surface area contributed by atoms with Crippen molar-refractivity contribution in [3.05, 3.63) is 29.7 Å². The molecule has 0 fully saturated rings. The number of furan rings is 1. The van der Waals surface area contributed by atoms with Gasteiger partial charge >= 0.3 is 5.97 Å². The first-order valence-electron chi connectivity index (χ1n) is 4.73. The molecule has 0 unspecified atom stereocenters. The molecule has 0 aliphatic carbocycles. The Morgan fingerprint density at radius 3 is 2.62 bits per heavy atom. The number of aliphatic hydroxyl groups is 1. The lowest BCUT2D eigenvalue weighted by atomic mass is 10.1. The van der Waals surface area contributed by atoms with Crippen molar-refractivity contribution in [2.24, 2.45) is 0 Å². The second-order valence-electron chi connectivity index (χ2n) is 2.98. The standard InChI is InChI=1S/C11H12O5/c1-3-15-11(14)9(7(2)12)10(13)8-5-4-6-16-8/h4-6,13H,3H2,1-2H3/b10-9+. The molecule has 1 aromatic rings. The fourth-order valence-electron chi connectivity index (χ4n) is 1.15. The van der Waals surface area contributed by atoms with Gasteiger partial charge in [0.05, 0.1) is 12.9 Å². The van der Waals surface area contributed by atoms with Gasteiger partial charge in [-0.15, -0.1) is 0 Å². The lowest BCUT2D eigenvalue weighted by Gasteiger charge is -2.05. The van der Waals surface area contributed by atoms with Crippen molar-refractivity contribution >= 4 is 17.5 Å². The Morgan fingerprint density at radius 2 is 2.19 bits per heavy atom. The number of ketones is 1. The van der Waals surface area contributed by atoms with Crippen molar-refractivity contribution in [1.82, 2.24) is 0 Å². The summed E-state index contributed by atoms with van der Waals surface area (Å²) in [5.41, 5.74) is -0.406. The molecule has 5 heteroatoms. The average Bonchev–Trinajstić information content (AvgIpc) is 2.70. The molecular formula is C11H12O5. The summed E-state index contributed by atoms with van der Waals surface area (Å²) in [4.78, 5) is 22.7. The van der Waals surface area contributed by atoms with Crippen LogP contribution in [0.2, 0.25) is 0 Å². The molecule has 0 aromatic carbocycles. The largest absolute Gasteiger partial charge is 0.504 e. The molecule has 0 saturated carbocycles. The van der Waals surface area contributed by atoms with Gasteiger partial charge in [-0.3, -0.25) is 4.79 Å². The summed E-state index contributed by atoms with van der Waals surface area (Å²) in [7, 11) is 0. The molecule has 0 radical (unpaired) electrons. The van der Waals surface area contributed by atoms with Crippen molar-refractivity contribution in [2.45, 2.75) is 13.8 Å². The predicted molar refractivity (Wildman–Crippen MR) is 55.6 cm³/mol. The highest BCUT2D eigenvalue weighted by atomic mass is 16.5. The van der Waals surface area contributed by atoms with E-state index in [0.29, 0.717) is 0 Å². The van der Waals surface area contributed by atoms with Gasteiger partial charge in [-0.2, -0.15) is 0 Å². The lowest BCUT2D eigenvalue weighted by Crippen LogP contribution is -2.15. The summed E-state index contributed by atoms with van der Waals surface area (Å²) in [5.74, 6) is -1.88. The maximum absolute atomic E-state index is 11.4. The van der Waals surface area contributed by atoms with Crippen LogP contribution in [0.1, 0.15) is 19.6 Å². The van der Waals surface area contributed by atoms with Gasteiger partial charge in [0.1, 0.15) is 5.57 Å². The van der Waals surface area contributed by atoms with Gasteiger partial charge in [0.2, 0.25) is 0 Å². The second-order valence-corrected chi connectivity index (χ2v) is 2.98. The van der Waals surface area contributed by atoms with Crippen LogP contribution in [-0.4, -0.2) is 23.5 Å². The Labute approximate surface area is 92.3 Å². The van der Waals surface area contributed by atoms with Crippen LogP contribution in [0.15, 0.2) is 28.4 Å². The number of rotatable bonds is 4. The first-order valence-corrected chi connectivity index (χ1v) is 4.73. The third-order valence-electron chi connectivity index (χ3n) is 1.82. The van der Waals surface area contributed by atoms with Crippen molar-refractivity contribution in [2.75, 3.05) is 6.61 Å². The first-order chi connectivity index (χ1) is 7.57. The van der Waals surface area contributed by atoms with Gasteiger partial charge in [0.25, 0.3) is 0 Å². The van der Waals surface area contributed by atoms with Crippen LogP contribution in [0.3, 0.4) is 0 Å². The fourth-order valence-corrected chi connectivity index (χ4v) is 1.15. The molecule has 1 rings (SSSR count). The van der Waals surface area contributed by atoms with Crippen LogP contribution >= 0.6 is 0 Å². The molecule has 1 heterocycles. The van der Waals surface area contributed by atoms with E-state index in [1.54, 1.807) is 6.92 Å². The van der Waals surface area contributed by atoms with E-state index in [0.717, 1.165) is 0 Å². The fraction of sp³-hybridized carbons (Fsp3) is 0.273. The van der Waals surface area contributed by atoms with E-state index in [4.69, 9.17) is 4.42 Å². The molecule has 1 N–H and O–H groups in total. The molecule has 0 bridgehead atoms. The van der Waals surface area contributed by atoms with Gasteiger partial charge in [-0.1, -0.05) is 0 Å². The minimum Gasteiger partial charge on any atom is -0.504 e. The molecule has 0 spiro atoms. The number of aliphatic hydroxyl groups excluding tert-OH is 1. The summed E-state index contributed by atoms with van der Waals surface area (Å²) in [5, 5.41) is 9.70. The van der Waals surface area contributed by atoms with Crippen molar-refractivity contribution < 1.29 is 23.8 Å². The summed E-state index contributed by atoms with van der Waals surface area (Å²) >= 11 is 0. The number of esters is 1. The maximum Gasteiger partial charge on any atom is 0.345 e. The van der Waals surface area contributed by atoms with E-state index in [9.17, 15) is 14.7 Å². The average molecular weight is 224 g/mol. The molecule has 0 atom stereocenters. The minimum atomic E-state index is -0.857. The molecule has 1 aromatic heterocycles.